The summed E-state index contributed by atoms with van der Waals surface area (Å²) in [7, 11) is 0. The SMILES string of the molecule is C1=NCCCN2CCCN=Cc3cccc(n3)C=NCCCN(CCCN=Cc3cccc1n3)CCCN=Cc1cccc(n1)C=NCCC2. The predicted molar refractivity (Wildman–Crippen MR) is 208 cm³/mol. The summed E-state index contributed by atoms with van der Waals surface area (Å²) in [6, 6.07) is 18.0. The van der Waals surface area contributed by atoms with E-state index in [-0.39, 0.29) is 0 Å². The van der Waals surface area contributed by atoms with Gasteiger partial charge in [-0.1, -0.05) is 18.2 Å². The molecule has 6 rings (SSSR count). The summed E-state index contributed by atoms with van der Waals surface area (Å²) in [5.41, 5.74) is 5.16. The van der Waals surface area contributed by atoms with Crippen molar-refractivity contribution < 1.29 is 0 Å². The predicted octanol–water partition coefficient (Wildman–Crippen LogP) is 4.76. The number of hydrogen-bond donors (Lipinski definition) is 0. The van der Waals surface area contributed by atoms with Crippen molar-refractivity contribution in [3.8, 4) is 0 Å². The van der Waals surface area contributed by atoms with Crippen molar-refractivity contribution in [2.75, 3.05) is 78.5 Å². The molecule has 11 nitrogen and oxygen atoms in total. The molecule has 3 aromatic rings. The maximum absolute atomic E-state index is 4.73. The Bertz CT molecular complexity index is 1320. The molecule has 8 bridgehead atoms. The molecule has 0 saturated carbocycles. The topological polar surface area (TPSA) is 119 Å². The van der Waals surface area contributed by atoms with E-state index in [9.17, 15) is 0 Å². The normalized spacial score (nSPS) is 20.9. The van der Waals surface area contributed by atoms with Gasteiger partial charge in [-0.05, 0) is 114 Å². The molecule has 0 atom stereocenters. The van der Waals surface area contributed by atoms with Crippen molar-refractivity contribution in [2.45, 2.75) is 38.5 Å². The Morgan fingerprint density at radius 2 is 0.500 bits per heavy atom. The molecule has 3 aliphatic rings. The summed E-state index contributed by atoms with van der Waals surface area (Å²) in [4.78, 5) is 47.4. The highest BCUT2D eigenvalue weighted by Gasteiger charge is 2.06. The lowest BCUT2D eigenvalue weighted by Crippen LogP contribution is -2.28. The fraction of sp³-hybridized carbons (Fsp3) is 0.462. The van der Waals surface area contributed by atoms with Gasteiger partial charge in [0.05, 0.1) is 34.2 Å². The monoisotopic (exact) mass is 673 g/mol. The molecule has 0 unspecified atom stereocenters. The minimum Gasteiger partial charge on any atom is -0.303 e. The Balaban J connectivity index is 1.34. The molecule has 6 heterocycles. The van der Waals surface area contributed by atoms with Crippen molar-refractivity contribution in [1.29, 1.82) is 0 Å². The number of hydrogen-bond acceptors (Lipinski definition) is 11. The molecule has 0 fully saturated rings. The average molecular weight is 674 g/mol. The second kappa shape index (κ2) is 22.2. The van der Waals surface area contributed by atoms with E-state index < -0.39 is 0 Å². The van der Waals surface area contributed by atoms with Crippen LogP contribution in [0.4, 0.5) is 0 Å². The standard InChI is InChI=1S/C39H51N11/c1-10-34-28-40-16-4-22-49-24-6-18-42-30-36-12-2-13-37(47-36)31-43-19-7-25-50(23-5-17-41-29-35(11-1)46-34)27-9-21-45-33-39-15-3-14-38(48-39)32-44-20-8-26-49/h1-3,10-15,28-33H,4-9,16-27H2. The lowest BCUT2D eigenvalue weighted by molar-refractivity contribution is 0.269. The van der Waals surface area contributed by atoms with Crippen LogP contribution < -0.4 is 0 Å². The molecule has 0 N–H and O–H groups in total. The van der Waals surface area contributed by atoms with Gasteiger partial charge in [0.1, 0.15) is 0 Å². The van der Waals surface area contributed by atoms with Crippen LogP contribution in [0.25, 0.3) is 0 Å². The lowest BCUT2D eigenvalue weighted by Gasteiger charge is -2.21. The molecule has 0 aromatic carbocycles. The van der Waals surface area contributed by atoms with E-state index in [0.29, 0.717) is 0 Å². The molecule has 3 aliphatic heterocycles. The quantitative estimate of drug-likeness (QED) is 0.341. The summed E-state index contributed by atoms with van der Waals surface area (Å²) in [6.45, 7) is 10.3. The van der Waals surface area contributed by atoms with Gasteiger partial charge >= 0.3 is 0 Å². The van der Waals surface area contributed by atoms with Gasteiger partial charge in [0.15, 0.2) is 0 Å². The molecular weight excluding hydrogens is 623 g/mol. The van der Waals surface area contributed by atoms with Gasteiger partial charge in [-0.15, -0.1) is 0 Å². The van der Waals surface area contributed by atoms with Gasteiger partial charge in [0.2, 0.25) is 0 Å². The molecule has 0 saturated heterocycles. The molecular formula is C39H51N11. The summed E-state index contributed by atoms with van der Waals surface area (Å²) >= 11 is 0. The van der Waals surface area contributed by atoms with E-state index >= 15 is 0 Å². The maximum Gasteiger partial charge on any atom is 0.0815 e. The summed E-state index contributed by atoms with van der Waals surface area (Å²) in [6.07, 6.45) is 17.1. The Hall–Kier alpha value is -4.61. The highest BCUT2D eigenvalue weighted by atomic mass is 15.1. The first-order chi connectivity index (χ1) is 24.8. The van der Waals surface area contributed by atoms with E-state index in [4.69, 9.17) is 44.9 Å². The number of pyridine rings is 3. The van der Waals surface area contributed by atoms with Crippen molar-refractivity contribution in [3.05, 3.63) is 88.8 Å². The lowest BCUT2D eigenvalue weighted by atomic mass is 10.2. The van der Waals surface area contributed by atoms with Gasteiger partial charge in [0.25, 0.3) is 0 Å². The molecule has 50 heavy (non-hydrogen) atoms. The van der Waals surface area contributed by atoms with Gasteiger partial charge in [0, 0.05) is 76.6 Å². The van der Waals surface area contributed by atoms with Gasteiger partial charge in [-0.2, -0.15) is 0 Å². The summed E-state index contributed by atoms with van der Waals surface area (Å²) in [5.74, 6) is 0. The average Bonchev–Trinajstić information content (AvgIpc) is 3.13. The zero-order valence-electron chi connectivity index (χ0n) is 29.3. The van der Waals surface area contributed by atoms with E-state index in [0.717, 1.165) is 151 Å². The second-order valence-corrected chi connectivity index (χ2v) is 12.5. The van der Waals surface area contributed by atoms with Crippen LogP contribution >= 0.6 is 0 Å². The van der Waals surface area contributed by atoms with E-state index in [1.54, 1.807) is 0 Å². The van der Waals surface area contributed by atoms with Crippen molar-refractivity contribution in [1.82, 2.24) is 24.8 Å². The maximum atomic E-state index is 4.73. The molecule has 3 aromatic heterocycles. The van der Waals surface area contributed by atoms with Crippen LogP contribution in [0.15, 0.2) is 84.6 Å². The zero-order valence-corrected chi connectivity index (χ0v) is 29.3. The zero-order chi connectivity index (χ0) is 34.3. The number of nitrogens with zero attached hydrogens (tertiary/aromatic N) is 11. The number of rotatable bonds is 0. The minimum atomic E-state index is 0.750. The third kappa shape index (κ3) is 14.5. The molecule has 262 valence electrons. The fourth-order valence-electron chi connectivity index (χ4n) is 5.77. The van der Waals surface area contributed by atoms with Crippen LogP contribution in [0.3, 0.4) is 0 Å². The highest BCUT2D eigenvalue weighted by Crippen LogP contribution is 2.04. The first kappa shape index (κ1) is 36.7. The van der Waals surface area contributed by atoms with Crippen molar-refractivity contribution >= 4 is 37.3 Å². The van der Waals surface area contributed by atoms with Crippen LogP contribution in [0.2, 0.25) is 0 Å². The molecule has 0 spiro atoms. The van der Waals surface area contributed by atoms with Crippen molar-refractivity contribution in [2.24, 2.45) is 30.0 Å². The van der Waals surface area contributed by atoms with Crippen LogP contribution in [0, 0.1) is 0 Å². The fourth-order valence-corrected chi connectivity index (χ4v) is 5.77. The molecule has 0 amide bonds. The van der Waals surface area contributed by atoms with E-state index in [2.05, 4.69) is 9.80 Å². The molecule has 0 radical (unpaired) electrons. The van der Waals surface area contributed by atoms with Gasteiger partial charge in [-0.3, -0.25) is 30.0 Å². The summed E-state index contributed by atoms with van der Waals surface area (Å²) in [5, 5.41) is 0. The van der Waals surface area contributed by atoms with Crippen LogP contribution in [0.1, 0.15) is 72.7 Å². The smallest absolute Gasteiger partial charge is 0.0815 e. The second-order valence-electron chi connectivity index (χ2n) is 12.5. The van der Waals surface area contributed by atoms with Gasteiger partial charge < -0.3 is 9.80 Å². The van der Waals surface area contributed by atoms with Crippen LogP contribution in [-0.4, -0.2) is 141 Å². The Labute approximate surface area is 297 Å². The summed E-state index contributed by atoms with van der Waals surface area (Å²) < 4.78 is 0. The number of fused-ring (bicyclic) bond motifs is 18. The third-order valence-corrected chi connectivity index (χ3v) is 8.29. The van der Waals surface area contributed by atoms with Crippen molar-refractivity contribution in [3.63, 3.8) is 0 Å². The van der Waals surface area contributed by atoms with E-state index in [1.807, 2.05) is 91.9 Å². The first-order valence-electron chi connectivity index (χ1n) is 18.1. The minimum absolute atomic E-state index is 0.750. The van der Waals surface area contributed by atoms with Crippen LogP contribution in [-0.2, 0) is 0 Å². The Kier molecular flexibility index (Phi) is 16.3. The number of aromatic nitrogens is 3. The molecule has 11 heteroatoms. The van der Waals surface area contributed by atoms with Crippen LogP contribution in [0.5, 0.6) is 0 Å². The van der Waals surface area contributed by atoms with Gasteiger partial charge in [-0.25, -0.2) is 15.0 Å². The number of aliphatic imine (C=N–C) groups is 6. The largest absolute Gasteiger partial charge is 0.303 e. The third-order valence-electron chi connectivity index (χ3n) is 8.29. The Morgan fingerprint density at radius 1 is 0.300 bits per heavy atom. The molecule has 0 aliphatic carbocycles. The Morgan fingerprint density at radius 3 is 0.700 bits per heavy atom. The van der Waals surface area contributed by atoms with E-state index in [1.165, 1.54) is 0 Å². The first-order valence-corrected chi connectivity index (χ1v) is 18.1. The highest BCUT2D eigenvalue weighted by molar-refractivity contribution is 5.83.